The average molecular weight is 494 g/mol. The van der Waals surface area contributed by atoms with E-state index in [-0.39, 0.29) is 11.7 Å². The van der Waals surface area contributed by atoms with Gasteiger partial charge in [-0.2, -0.15) is 0 Å². The Morgan fingerprint density at radius 1 is 1.28 bits per heavy atom. The molecule has 32 heavy (non-hydrogen) atoms. The molecule has 0 aliphatic rings. The van der Waals surface area contributed by atoms with Crippen LogP contribution in [0.25, 0.3) is 11.4 Å². The molecule has 0 bridgehead atoms. The van der Waals surface area contributed by atoms with Gasteiger partial charge in [-0.05, 0) is 32.3 Å². The van der Waals surface area contributed by atoms with Crippen molar-refractivity contribution in [3.05, 3.63) is 26.9 Å². The number of aryl methyl sites for hydroxylation is 1. The number of esters is 1. The molecule has 3 aromatic heterocycles. The summed E-state index contributed by atoms with van der Waals surface area (Å²) >= 11 is 4.18. The molecule has 8 nitrogen and oxygen atoms in total. The van der Waals surface area contributed by atoms with Gasteiger partial charge in [-0.1, -0.05) is 43.9 Å². The fourth-order valence-electron chi connectivity index (χ4n) is 2.93. The lowest BCUT2D eigenvalue weighted by Gasteiger charge is -2.08. The molecule has 0 saturated carbocycles. The highest BCUT2D eigenvalue weighted by Crippen LogP contribution is 2.31. The Balaban J connectivity index is 1.67. The van der Waals surface area contributed by atoms with Gasteiger partial charge < -0.3 is 14.6 Å². The van der Waals surface area contributed by atoms with Crippen LogP contribution in [0.4, 0.5) is 5.13 Å². The number of thiazole rings is 1. The van der Waals surface area contributed by atoms with Gasteiger partial charge in [-0.25, -0.2) is 9.78 Å². The van der Waals surface area contributed by atoms with Gasteiger partial charge in [0.25, 0.3) is 0 Å². The highest BCUT2D eigenvalue weighted by molar-refractivity contribution is 7.99. The van der Waals surface area contributed by atoms with Gasteiger partial charge in [0.15, 0.2) is 16.1 Å². The van der Waals surface area contributed by atoms with Crippen LogP contribution in [0.1, 0.15) is 60.3 Å². The number of hydrogen-bond acceptors (Lipinski definition) is 9. The Morgan fingerprint density at radius 2 is 2.06 bits per heavy atom. The topological polar surface area (TPSA) is 99.0 Å². The number of nitrogens with zero attached hydrogens (tertiary/aromatic N) is 4. The number of amides is 1. The lowest BCUT2D eigenvalue weighted by atomic mass is 10.1. The van der Waals surface area contributed by atoms with Crippen LogP contribution >= 0.6 is 34.4 Å². The van der Waals surface area contributed by atoms with E-state index in [0.29, 0.717) is 33.4 Å². The molecule has 0 fully saturated rings. The van der Waals surface area contributed by atoms with Crippen LogP contribution in [-0.4, -0.2) is 44.0 Å². The third kappa shape index (κ3) is 5.76. The van der Waals surface area contributed by atoms with Crippen molar-refractivity contribution in [2.75, 3.05) is 17.7 Å². The summed E-state index contributed by atoms with van der Waals surface area (Å²) in [6.07, 6.45) is 0.932. The maximum absolute atomic E-state index is 12.5. The number of nitrogens with one attached hydrogen (secondary N) is 1. The fraction of sp³-hybridized carbons (Fsp3) is 0.476. The number of hydrogen-bond donors (Lipinski definition) is 1. The first-order chi connectivity index (χ1) is 15.3. The SMILES string of the molecule is CCCn1c(SCC(=O)Nc2nc(C)c(C(=O)OCC)s2)nnc1-c1csc(C(C)C)c1. The molecule has 0 unspecified atom stereocenters. The molecule has 3 aromatic rings. The van der Waals surface area contributed by atoms with Gasteiger partial charge in [0.05, 0.1) is 18.1 Å². The molecular formula is C21H27N5O3S3. The van der Waals surface area contributed by atoms with E-state index in [1.165, 1.54) is 16.6 Å². The summed E-state index contributed by atoms with van der Waals surface area (Å²) in [6, 6.07) is 2.17. The van der Waals surface area contributed by atoms with E-state index < -0.39 is 5.97 Å². The first-order valence-electron chi connectivity index (χ1n) is 10.4. The lowest BCUT2D eigenvalue weighted by molar-refractivity contribution is -0.113. The highest BCUT2D eigenvalue weighted by Gasteiger charge is 2.19. The maximum Gasteiger partial charge on any atom is 0.350 e. The van der Waals surface area contributed by atoms with Crippen molar-refractivity contribution in [2.45, 2.75) is 58.7 Å². The van der Waals surface area contributed by atoms with Gasteiger partial charge in [-0.15, -0.1) is 21.5 Å². The zero-order valence-electron chi connectivity index (χ0n) is 18.8. The minimum Gasteiger partial charge on any atom is -0.462 e. The lowest BCUT2D eigenvalue weighted by Crippen LogP contribution is -2.14. The molecule has 3 heterocycles. The van der Waals surface area contributed by atoms with E-state index in [1.54, 1.807) is 25.2 Å². The number of rotatable bonds is 10. The van der Waals surface area contributed by atoms with Crippen molar-refractivity contribution < 1.29 is 14.3 Å². The molecule has 3 rings (SSSR count). The molecule has 1 amide bonds. The Labute approximate surface area is 199 Å². The molecule has 0 saturated heterocycles. The molecule has 0 aromatic carbocycles. The summed E-state index contributed by atoms with van der Waals surface area (Å²) in [6.45, 7) is 11.0. The first kappa shape index (κ1) is 24.4. The second-order valence-electron chi connectivity index (χ2n) is 7.34. The van der Waals surface area contributed by atoms with Crippen LogP contribution in [0.3, 0.4) is 0 Å². The third-order valence-corrected chi connectivity index (χ3v) is 7.70. The monoisotopic (exact) mass is 493 g/mol. The minimum atomic E-state index is -0.424. The Kier molecular flexibility index (Phi) is 8.44. The average Bonchev–Trinajstić information content (AvgIpc) is 3.45. The van der Waals surface area contributed by atoms with Gasteiger partial charge in [0, 0.05) is 22.4 Å². The van der Waals surface area contributed by atoms with E-state index in [9.17, 15) is 9.59 Å². The van der Waals surface area contributed by atoms with Gasteiger partial charge in [0.2, 0.25) is 5.91 Å². The van der Waals surface area contributed by atoms with Crippen molar-refractivity contribution in [1.29, 1.82) is 0 Å². The van der Waals surface area contributed by atoms with E-state index >= 15 is 0 Å². The van der Waals surface area contributed by atoms with E-state index in [0.717, 1.165) is 35.7 Å². The van der Waals surface area contributed by atoms with Gasteiger partial charge in [-0.3, -0.25) is 4.79 Å². The predicted octanol–water partition coefficient (Wildman–Crippen LogP) is 5.21. The molecule has 0 spiro atoms. The predicted molar refractivity (Wildman–Crippen MR) is 130 cm³/mol. The van der Waals surface area contributed by atoms with Crippen LogP contribution in [0.15, 0.2) is 16.6 Å². The quantitative estimate of drug-likeness (QED) is 0.306. The van der Waals surface area contributed by atoms with Crippen molar-refractivity contribution in [3.63, 3.8) is 0 Å². The summed E-state index contributed by atoms with van der Waals surface area (Å²) in [7, 11) is 0. The summed E-state index contributed by atoms with van der Waals surface area (Å²) in [5, 5.41) is 14.7. The number of carbonyl (C=O) groups is 2. The van der Waals surface area contributed by atoms with E-state index in [1.807, 2.05) is 0 Å². The first-order valence-corrected chi connectivity index (χ1v) is 13.1. The maximum atomic E-state index is 12.5. The normalized spacial score (nSPS) is 11.2. The van der Waals surface area contributed by atoms with Gasteiger partial charge >= 0.3 is 5.97 Å². The van der Waals surface area contributed by atoms with Crippen LogP contribution in [0.5, 0.6) is 0 Å². The molecule has 172 valence electrons. The number of carbonyl (C=O) groups excluding carboxylic acids is 2. The van der Waals surface area contributed by atoms with Crippen molar-refractivity contribution in [2.24, 2.45) is 0 Å². The third-order valence-electron chi connectivity index (χ3n) is 4.45. The highest BCUT2D eigenvalue weighted by atomic mass is 32.2. The molecular weight excluding hydrogens is 466 g/mol. The second kappa shape index (κ2) is 11.1. The van der Waals surface area contributed by atoms with Crippen LogP contribution < -0.4 is 5.32 Å². The Morgan fingerprint density at radius 3 is 2.72 bits per heavy atom. The van der Waals surface area contributed by atoms with Crippen LogP contribution in [0.2, 0.25) is 0 Å². The van der Waals surface area contributed by atoms with E-state index in [4.69, 9.17) is 4.74 Å². The number of ether oxygens (including phenoxy) is 1. The van der Waals surface area contributed by atoms with E-state index in [2.05, 4.69) is 57.3 Å². The second-order valence-corrected chi connectivity index (χ2v) is 10.2. The van der Waals surface area contributed by atoms with Gasteiger partial charge in [0.1, 0.15) is 4.88 Å². The van der Waals surface area contributed by atoms with Crippen molar-refractivity contribution in [1.82, 2.24) is 19.7 Å². The number of thiophene rings is 1. The zero-order valence-corrected chi connectivity index (χ0v) is 21.2. The number of anilines is 1. The standard InChI is InChI=1S/C21H27N5O3S3/c1-6-8-26-18(14-9-15(12(3)4)30-10-14)24-25-21(26)31-11-16(27)23-20-22-13(5)17(32-20)19(28)29-7-2/h9-10,12H,6-8,11H2,1-5H3,(H,22,23,27). The molecule has 11 heteroatoms. The largest absolute Gasteiger partial charge is 0.462 e. The minimum absolute atomic E-state index is 0.163. The van der Waals surface area contributed by atoms with Crippen LogP contribution in [-0.2, 0) is 16.1 Å². The summed E-state index contributed by atoms with van der Waals surface area (Å²) in [5.41, 5.74) is 1.60. The van der Waals surface area contributed by atoms with Crippen LogP contribution in [0, 0.1) is 6.92 Å². The smallest absolute Gasteiger partial charge is 0.350 e. The summed E-state index contributed by atoms with van der Waals surface area (Å²) in [5.74, 6) is 0.812. The zero-order chi connectivity index (χ0) is 23.3. The summed E-state index contributed by atoms with van der Waals surface area (Å²) in [4.78, 5) is 30.4. The molecule has 0 aliphatic heterocycles. The summed E-state index contributed by atoms with van der Waals surface area (Å²) < 4.78 is 7.09. The van der Waals surface area contributed by atoms with Crippen molar-refractivity contribution in [3.8, 4) is 11.4 Å². The molecule has 0 aliphatic carbocycles. The van der Waals surface area contributed by atoms with Crippen molar-refractivity contribution >= 4 is 51.4 Å². The molecule has 1 N–H and O–H groups in total. The Hall–Kier alpha value is -2.24. The number of aromatic nitrogens is 4. The number of thioether (sulfide) groups is 1. The fourth-order valence-corrected chi connectivity index (χ4v) is 5.47. The Bertz CT molecular complexity index is 1090. The molecule has 0 atom stereocenters. The molecule has 0 radical (unpaired) electrons.